The molecular weight excluding hydrogens is 316 g/mol. The maximum absolute atomic E-state index is 11.3. The number of benzene rings is 2. The number of rotatable bonds is 5. The first-order valence-electron chi connectivity index (χ1n) is 7.18. The average molecular weight is 335 g/mol. The van der Waals surface area contributed by atoms with Crippen LogP contribution in [-0.2, 0) is 4.89 Å². The number of aryl methyl sites for hydroxylation is 1. The van der Waals surface area contributed by atoms with Crippen LogP contribution in [-0.4, -0.2) is 13.1 Å². The highest BCUT2D eigenvalue weighted by Gasteiger charge is 2.10. The molecule has 2 N–H and O–H groups in total. The predicted octanol–water partition coefficient (Wildman–Crippen LogP) is 4.47. The van der Waals surface area contributed by atoms with Gasteiger partial charge in [-0.25, -0.2) is 4.79 Å². The molecule has 0 bridgehead atoms. The molecule has 122 valence electrons. The van der Waals surface area contributed by atoms with Gasteiger partial charge < -0.3 is 15.5 Å². The van der Waals surface area contributed by atoms with E-state index in [9.17, 15) is 4.79 Å². The Morgan fingerprint density at radius 3 is 2.48 bits per heavy atom. The summed E-state index contributed by atoms with van der Waals surface area (Å²) in [7, 11) is 1.54. The van der Waals surface area contributed by atoms with Crippen LogP contribution in [0.5, 0.6) is 5.75 Å². The molecule has 2 amide bonds. The lowest BCUT2D eigenvalue weighted by atomic mass is 10.1. The molecule has 0 fully saturated rings. The largest absolute Gasteiger partial charge is 0.341 e. The molecule has 23 heavy (non-hydrogen) atoms. The molecule has 0 saturated carbocycles. The summed E-state index contributed by atoms with van der Waals surface area (Å²) in [6.45, 7) is 3.92. The predicted molar refractivity (Wildman–Crippen MR) is 90.8 cm³/mol. The van der Waals surface area contributed by atoms with Crippen LogP contribution in [0.3, 0.4) is 0 Å². The number of amides is 2. The second-order valence-electron chi connectivity index (χ2n) is 5.08. The van der Waals surface area contributed by atoms with Gasteiger partial charge in [0.05, 0.1) is 5.02 Å². The summed E-state index contributed by atoms with van der Waals surface area (Å²) in [5.41, 5.74) is 2.75. The van der Waals surface area contributed by atoms with Gasteiger partial charge in [0.2, 0.25) is 0 Å². The second kappa shape index (κ2) is 7.85. The van der Waals surface area contributed by atoms with Gasteiger partial charge in [-0.1, -0.05) is 41.4 Å². The van der Waals surface area contributed by atoms with Crippen LogP contribution >= 0.6 is 11.6 Å². The van der Waals surface area contributed by atoms with Gasteiger partial charge >= 0.3 is 6.03 Å². The van der Waals surface area contributed by atoms with E-state index in [2.05, 4.69) is 10.6 Å². The highest BCUT2D eigenvalue weighted by Crippen LogP contribution is 2.29. The minimum atomic E-state index is -0.320. The van der Waals surface area contributed by atoms with Crippen LogP contribution < -0.4 is 15.5 Å². The lowest BCUT2D eigenvalue weighted by Crippen LogP contribution is -2.24. The summed E-state index contributed by atoms with van der Waals surface area (Å²) >= 11 is 6.13. The van der Waals surface area contributed by atoms with Crippen molar-refractivity contribution in [2.24, 2.45) is 0 Å². The van der Waals surface area contributed by atoms with E-state index in [-0.39, 0.29) is 12.1 Å². The standard InChI is InChI=1S/C17H19ClN2O3/c1-11-4-6-13(7-5-11)12(2)22-23-16-9-8-14(10-15(16)18)20-17(21)19-3/h4-10,12H,1-3H3,(H2,19,20,21). The van der Waals surface area contributed by atoms with Gasteiger partial charge in [0.25, 0.3) is 0 Å². The second-order valence-corrected chi connectivity index (χ2v) is 5.49. The fraction of sp³-hybridized carbons (Fsp3) is 0.235. The molecule has 6 heteroatoms. The van der Waals surface area contributed by atoms with Crippen LogP contribution in [0, 0.1) is 6.92 Å². The Balaban J connectivity index is 1.97. The Kier molecular flexibility index (Phi) is 5.84. The topological polar surface area (TPSA) is 59.6 Å². The highest BCUT2D eigenvalue weighted by molar-refractivity contribution is 6.32. The Morgan fingerprint density at radius 2 is 1.87 bits per heavy atom. The van der Waals surface area contributed by atoms with E-state index in [0.29, 0.717) is 16.5 Å². The summed E-state index contributed by atoms with van der Waals surface area (Å²) < 4.78 is 0. The number of anilines is 1. The van der Waals surface area contributed by atoms with Gasteiger partial charge in [-0.2, -0.15) is 4.89 Å². The molecule has 1 atom stereocenters. The number of nitrogens with one attached hydrogen (secondary N) is 2. The van der Waals surface area contributed by atoms with Crippen LogP contribution in [0.4, 0.5) is 10.5 Å². The normalized spacial score (nSPS) is 11.7. The number of carbonyl (C=O) groups excluding carboxylic acids is 1. The lowest BCUT2D eigenvalue weighted by Gasteiger charge is -2.14. The van der Waals surface area contributed by atoms with E-state index in [0.717, 1.165) is 5.56 Å². The van der Waals surface area contributed by atoms with Crippen LogP contribution in [0.25, 0.3) is 0 Å². The van der Waals surface area contributed by atoms with Crippen molar-refractivity contribution in [3.8, 4) is 5.75 Å². The molecule has 0 aliphatic carbocycles. The number of halogens is 1. The first-order valence-corrected chi connectivity index (χ1v) is 7.55. The maximum Gasteiger partial charge on any atom is 0.318 e. The summed E-state index contributed by atoms with van der Waals surface area (Å²) in [5.74, 6) is 0.382. The van der Waals surface area contributed by atoms with Crippen LogP contribution in [0.15, 0.2) is 42.5 Å². The molecule has 0 aliphatic heterocycles. The minimum absolute atomic E-state index is 0.240. The lowest BCUT2D eigenvalue weighted by molar-refractivity contribution is -0.242. The molecule has 0 aliphatic rings. The zero-order chi connectivity index (χ0) is 16.8. The Bertz CT molecular complexity index is 674. The third kappa shape index (κ3) is 4.87. The molecule has 2 rings (SSSR count). The summed E-state index contributed by atoms with van der Waals surface area (Å²) in [6, 6.07) is 12.6. The fourth-order valence-corrected chi connectivity index (χ4v) is 2.07. The van der Waals surface area contributed by atoms with Crippen molar-refractivity contribution < 1.29 is 14.6 Å². The van der Waals surface area contributed by atoms with Gasteiger partial charge in [0.15, 0.2) is 5.75 Å². The van der Waals surface area contributed by atoms with Gasteiger partial charge in [0, 0.05) is 12.7 Å². The molecule has 5 nitrogen and oxygen atoms in total. The molecule has 1 unspecified atom stereocenters. The summed E-state index contributed by atoms with van der Waals surface area (Å²) in [4.78, 5) is 22.0. The third-order valence-electron chi connectivity index (χ3n) is 3.25. The quantitative estimate of drug-likeness (QED) is 0.626. The SMILES string of the molecule is CNC(=O)Nc1ccc(OOC(C)c2ccc(C)cc2)c(Cl)c1. The van der Waals surface area contributed by atoms with E-state index in [1.165, 1.54) is 12.6 Å². The Hall–Kier alpha value is -2.24. The monoisotopic (exact) mass is 334 g/mol. The molecule has 0 saturated heterocycles. The number of hydrogen-bond donors (Lipinski definition) is 2. The molecule has 2 aromatic rings. The first-order chi connectivity index (χ1) is 11.0. The number of urea groups is 1. The zero-order valence-corrected chi connectivity index (χ0v) is 14.0. The first kappa shape index (κ1) is 17.1. The van der Waals surface area contributed by atoms with Crippen LogP contribution in [0.1, 0.15) is 24.2 Å². The summed E-state index contributed by atoms with van der Waals surface area (Å²) in [5, 5.41) is 5.43. The molecule has 0 aromatic heterocycles. The van der Waals surface area contributed by atoms with E-state index in [1.807, 2.05) is 38.1 Å². The molecular formula is C17H19ClN2O3. The Morgan fingerprint density at radius 1 is 1.17 bits per heavy atom. The van der Waals surface area contributed by atoms with Gasteiger partial charge in [-0.05, 0) is 37.6 Å². The average Bonchev–Trinajstić information content (AvgIpc) is 2.54. The fourth-order valence-electron chi connectivity index (χ4n) is 1.86. The zero-order valence-electron chi connectivity index (χ0n) is 13.2. The van der Waals surface area contributed by atoms with Gasteiger partial charge in [0.1, 0.15) is 6.10 Å². The number of carbonyl (C=O) groups is 1. The molecule has 0 heterocycles. The van der Waals surface area contributed by atoms with Crippen molar-refractivity contribution in [1.82, 2.24) is 5.32 Å². The van der Waals surface area contributed by atoms with E-state index < -0.39 is 0 Å². The molecule has 0 spiro atoms. The third-order valence-corrected chi connectivity index (χ3v) is 3.54. The van der Waals surface area contributed by atoms with Gasteiger partial charge in [-0.15, -0.1) is 0 Å². The van der Waals surface area contributed by atoms with Crippen molar-refractivity contribution >= 4 is 23.3 Å². The smallest absolute Gasteiger partial charge is 0.318 e. The van der Waals surface area contributed by atoms with E-state index in [1.54, 1.807) is 18.2 Å². The maximum atomic E-state index is 11.3. The molecule has 0 radical (unpaired) electrons. The van der Waals surface area contributed by atoms with E-state index in [4.69, 9.17) is 21.4 Å². The van der Waals surface area contributed by atoms with Crippen molar-refractivity contribution in [1.29, 1.82) is 0 Å². The van der Waals surface area contributed by atoms with Crippen molar-refractivity contribution in [3.63, 3.8) is 0 Å². The van der Waals surface area contributed by atoms with E-state index >= 15 is 0 Å². The van der Waals surface area contributed by atoms with Crippen molar-refractivity contribution in [2.75, 3.05) is 12.4 Å². The Labute approximate surface area is 140 Å². The highest BCUT2D eigenvalue weighted by atomic mass is 35.5. The number of hydrogen-bond acceptors (Lipinski definition) is 3. The van der Waals surface area contributed by atoms with Crippen molar-refractivity contribution in [3.05, 3.63) is 58.6 Å². The molecule has 2 aromatic carbocycles. The van der Waals surface area contributed by atoms with Gasteiger partial charge in [-0.3, -0.25) is 0 Å². The minimum Gasteiger partial charge on any atom is -0.341 e. The van der Waals surface area contributed by atoms with Crippen molar-refractivity contribution in [2.45, 2.75) is 20.0 Å². The summed E-state index contributed by atoms with van der Waals surface area (Å²) in [6.07, 6.45) is -0.240. The van der Waals surface area contributed by atoms with Crippen LogP contribution in [0.2, 0.25) is 5.02 Å².